The molecule has 2 aromatic carbocycles. The smallest absolute Gasteiger partial charge is 0.323 e. The minimum Gasteiger partial charge on any atom is -0.493 e. The van der Waals surface area contributed by atoms with Gasteiger partial charge in [-0.05, 0) is 35.6 Å². The fourth-order valence-electron chi connectivity index (χ4n) is 4.69. The zero-order chi connectivity index (χ0) is 27.5. The summed E-state index contributed by atoms with van der Waals surface area (Å²) < 4.78 is 11.5. The molecule has 0 fully saturated rings. The molecule has 214 valence electrons. The number of urea groups is 1. The Morgan fingerprint density at radius 1 is 0.872 bits per heavy atom. The van der Waals surface area contributed by atoms with Crippen molar-refractivity contribution in [1.29, 1.82) is 0 Å². The van der Waals surface area contributed by atoms with Gasteiger partial charge >= 0.3 is 6.03 Å². The average molecular weight is 554 g/mol. The first kappa shape index (κ1) is 30.7. The number of methoxy groups -OCH3 is 1. The van der Waals surface area contributed by atoms with Crippen molar-refractivity contribution in [2.45, 2.75) is 90.5 Å². The Hall–Kier alpha value is -2.80. The summed E-state index contributed by atoms with van der Waals surface area (Å²) in [7, 11) is 1.64. The lowest BCUT2D eigenvalue weighted by Crippen LogP contribution is -2.21. The van der Waals surface area contributed by atoms with Gasteiger partial charge in [0.15, 0.2) is 11.5 Å². The summed E-state index contributed by atoms with van der Waals surface area (Å²) in [6, 6.07) is 13.1. The molecule has 39 heavy (non-hydrogen) atoms. The number of carbonyl (C=O) groups excluding carboxylic acids is 1. The number of hydrogen-bond donors (Lipinski definition) is 2. The lowest BCUT2D eigenvalue weighted by Gasteiger charge is -2.18. The van der Waals surface area contributed by atoms with Crippen LogP contribution in [0.2, 0.25) is 0 Å². The zero-order valence-corrected chi connectivity index (χ0v) is 24.7. The van der Waals surface area contributed by atoms with Crippen molar-refractivity contribution in [3.8, 4) is 11.5 Å². The maximum absolute atomic E-state index is 12.8. The molecule has 2 amide bonds. The molecule has 0 bridgehead atoms. The van der Waals surface area contributed by atoms with Crippen molar-refractivity contribution in [3.63, 3.8) is 0 Å². The van der Waals surface area contributed by atoms with Gasteiger partial charge in [-0.25, -0.2) is 4.79 Å². The second kappa shape index (κ2) is 18.5. The molecule has 0 aromatic heterocycles. The topological polar surface area (TPSA) is 62.8 Å². The molecular weight excluding hydrogens is 506 g/mol. The molecule has 1 aliphatic heterocycles. The first-order valence-electron chi connectivity index (χ1n) is 14.7. The second-order valence-electron chi connectivity index (χ2n) is 10.2. The van der Waals surface area contributed by atoms with E-state index in [0.717, 1.165) is 30.1 Å². The zero-order valence-electron chi connectivity index (χ0n) is 23.9. The quantitative estimate of drug-likeness (QED) is 0.170. The standard InChI is InChI=1S/C32H47N3O3S/c1-3-4-5-6-7-8-9-10-11-12-13-16-22-38-31-24-28(19-20-30(31)37-2)33-32(36)34-29-18-15-14-17-27(29)25-35-21-23-39-26-35/h14-15,17-21,23-24H,3-13,16,22,25-26H2,1-2H3,(H2,33,34,36). The van der Waals surface area contributed by atoms with Crippen molar-refractivity contribution < 1.29 is 14.3 Å². The van der Waals surface area contributed by atoms with E-state index in [9.17, 15) is 4.79 Å². The SMILES string of the molecule is CCCCCCCCCCCCCCOc1cc(NC(=O)Nc2ccccc2CN2C=CSC2)ccc1OC. The van der Waals surface area contributed by atoms with Gasteiger partial charge < -0.3 is 25.0 Å². The lowest BCUT2D eigenvalue weighted by atomic mass is 10.1. The van der Waals surface area contributed by atoms with Crippen LogP contribution in [-0.4, -0.2) is 30.5 Å². The molecule has 1 heterocycles. The van der Waals surface area contributed by atoms with Gasteiger partial charge in [0, 0.05) is 30.2 Å². The molecule has 2 aromatic rings. The monoisotopic (exact) mass is 553 g/mol. The van der Waals surface area contributed by atoms with Crippen molar-refractivity contribution in [2.24, 2.45) is 0 Å². The van der Waals surface area contributed by atoms with Gasteiger partial charge in [-0.2, -0.15) is 0 Å². The summed E-state index contributed by atoms with van der Waals surface area (Å²) in [5.74, 6) is 2.24. The normalized spacial score (nSPS) is 12.5. The summed E-state index contributed by atoms with van der Waals surface area (Å²) in [5.41, 5.74) is 2.53. The molecule has 2 N–H and O–H groups in total. The van der Waals surface area contributed by atoms with Gasteiger partial charge in [-0.1, -0.05) is 95.8 Å². The van der Waals surface area contributed by atoms with Crippen LogP contribution in [0, 0.1) is 0 Å². The molecule has 7 heteroatoms. The van der Waals surface area contributed by atoms with Crippen LogP contribution in [0.5, 0.6) is 11.5 Å². The van der Waals surface area contributed by atoms with E-state index < -0.39 is 0 Å². The maximum Gasteiger partial charge on any atom is 0.323 e. The molecule has 0 radical (unpaired) electrons. The highest BCUT2D eigenvalue weighted by Crippen LogP contribution is 2.31. The molecule has 1 aliphatic rings. The minimum absolute atomic E-state index is 0.286. The van der Waals surface area contributed by atoms with Gasteiger partial charge in [0.05, 0.1) is 19.6 Å². The van der Waals surface area contributed by atoms with Crippen LogP contribution in [0.3, 0.4) is 0 Å². The molecule has 0 saturated heterocycles. The fourth-order valence-corrected chi connectivity index (χ4v) is 5.40. The van der Waals surface area contributed by atoms with E-state index in [0.29, 0.717) is 23.8 Å². The van der Waals surface area contributed by atoms with E-state index in [1.165, 1.54) is 70.6 Å². The minimum atomic E-state index is -0.286. The van der Waals surface area contributed by atoms with Crippen molar-refractivity contribution >= 4 is 29.2 Å². The predicted octanol–water partition coefficient (Wildman–Crippen LogP) is 9.40. The number of amides is 2. The van der Waals surface area contributed by atoms with Gasteiger partial charge in [0.2, 0.25) is 0 Å². The molecule has 0 aliphatic carbocycles. The van der Waals surface area contributed by atoms with Crippen molar-refractivity contribution in [1.82, 2.24) is 4.90 Å². The van der Waals surface area contributed by atoms with Crippen LogP contribution in [0.1, 0.15) is 89.5 Å². The summed E-state index contributed by atoms with van der Waals surface area (Å²) in [5, 5.41) is 8.02. The summed E-state index contributed by atoms with van der Waals surface area (Å²) in [6.07, 6.45) is 17.8. The molecule has 3 rings (SSSR count). The number of rotatable bonds is 19. The highest BCUT2D eigenvalue weighted by atomic mass is 32.2. The number of nitrogens with one attached hydrogen (secondary N) is 2. The van der Waals surface area contributed by atoms with E-state index in [-0.39, 0.29) is 6.03 Å². The second-order valence-corrected chi connectivity index (χ2v) is 11.0. The average Bonchev–Trinajstić information content (AvgIpc) is 3.46. The van der Waals surface area contributed by atoms with E-state index in [1.807, 2.05) is 42.5 Å². The van der Waals surface area contributed by atoms with E-state index in [4.69, 9.17) is 9.47 Å². The van der Waals surface area contributed by atoms with Gasteiger partial charge in [-0.3, -0.25) is 0 Å². The third-order valence-electron chi connectivity index (χ3n) is 6.92. The number of hydrogen-bond acceptors (Lipinski definition) is 5. The van der Waals surface area contributed by atoms with Crippen LogP contribution in [0.15, 0.2) is 54.1 Å². The first-order chi connectivity index (χ1) is 19.2. The first-order valence-corrected chi connectivity index (χ1v) is 15.7. The van der Waals surface area contributed by atoms with Crippen LogP contribution < -0.4 is 20.1 Å². The highest BCUT2D eigenvalue weighted by molar-refractivity contribution is 8.02. The maximum atomic E-state index is 12.8. The van der Waals surface area contributed by atoms with Crippen LogP contribution in [0.4, 0.5) is 16.2 Å². The molecule has 0 atom stereocenters. The van der Waals surface area contributed by atoms with Crippen LogP contribution in [-0.2, 0) is 6.54 Å². The van der Waals surface area contributed by atoms with E-state index in [2.05, 4.69) is 34.1 Å². The van der Waals surface area contributed by atoms with Crippen molar-refractivity contribution in [2.75, 3.05) is 30.2 Å². The number of ether oxygens (including phenoxy) is 2. The molecular formula is C32H47N3O3S. The largest absolute Gasteiger partial charge is 0.493 e. The summed E-state index contributed by atoms with van der Waals surface area (Å²) in [6.45, 7) is 3.66. The number of benzene rings is 2. The Balaban J connectivity index is 1.37. The Kier molecular flexibility index (Phi) is 14.6. The number of unbranched alkanes of at least 4 members (excludes halogenated alkanes) is 11. The Bertz CT molecular complexity index is 1010. The van der Waals surface area contributed by atoms with Crippen LogP contribution >= 0.6 is 11.8 Å². The number of carbonyl (C=O) groups is 1. The lowest BCUT2D eigenvalue weighted by molar-refractivity contribution is 0.262. The molecule has 6 nitrogen and oxygen atoms in total. The predicted molar refractivity (Wildman–Crippen MR) is 166 cm³/mol. The molecule has 0 spiro atoms. The van der Waals surface area contributed by atoms with E-state index >= 15 is 0 Å². The van der Waals surface area contributed by atoms with Gasteiger partial charge in [0.25, 0.3) is 0 Å². The number of para-hydroxylation sites is 1. The number of nitrogens with zero attached hydrogens (tertiary/aromatic N) is 1. The Morgan fingerprint density at radius 2 is 1.56 bits per heavy atom. The van der Waals surface area contributed by atoms with Gasteiger partial charge in [-0.15, -0.1) is 11.8 Å². The third kappa shape index (κ3) is 11.9. The molecule has 0 saturated carbocycles. The van der Waals surface area contributed by atoms with Crippen molar-refractivity contribution in [3.05, 3.63) is 59.6 Å². The molecule has 0 unspecified atom stereocenters. The Morgan fingerprint density at radius 3 is 2.23 bits per heavy atom. The van der Waals surface area contributed by atoms with Crippen LogP contribution in [0.25, 0.3) is 0 Å². The highest BCUT2D eigenvalue weighted by Gasteiger charge is 2.12. The van der Waals surface area contributed by atoms with E-state index in [1.54, 1.807) is 18.9 Å². The fraction of sp³-hybridized carbons (Fsp3) is 0.531. The summed E-state index contributed by atoms with van der Waals surface area (Å²) >= 11 is 1.77. The Labute approximate surface area is 239 Å². The number of thioether (sulfide) groups is 1. The summed E-state index contributed by atoms with van der Waals surface area (Å²) in [4.78, 5) is 15.0. The third-order valence-corrected chi connectivity index (χ3v) is 7.72. The number of anilines is 2. The van der Waals surface area contributed by atoms with Gasteiger partial charge in [0.1, 0.15) is 0 Å².